The highest BCUT2D eigenvalue weighted by Gasteiger charge is 2.26. The third-order valence-corrected chi connectivity index (χ3v) is 5.09. The zero-order chi connectivity index (χ0) is 16.9. The standard InChI is InChI=1S/C21H21N3/c1-13-9-20-17(10-14(13)11-22)18(12-23-20)15-5-4-6-19-16(15)7-8-21(2,3)24-19/h4-6,9-10,12,23-24H,7-8H2,1-3H3. The molecule has 24 heavy (non-hydrogen) atoms. The lowest BCUT2D eigenvalue weighted by atomic mass is 9.85. The predicted octanol–water partition coefficient (Wildman–Crippen LogP) is 5.15. The third kappa shape index (κ3) is 2.27. The Hall–Kier alpha value is -2.73. The lowest BCUT2D eigenvalue weighted by Crippen LogP contribution is -2.35. The van der Waals surface area contributed by atoms with Crippen LogP contribution in [0, 0.1) is 18.3 Å². The van der Waals surface area contributed by atoms with Crippen LogP contribution in [0.3, 0.4) is 0 Å². The number of aromatic nitrogens is 1. The summed E-state index contributed by atoms with van der Waals surface area (Å²) in [6.07, 6.45) is 4.25. The predicted molar refractivity (Wildman–Crippen MR) is 99.2 cm³/mol. The Morgan fingerprint density at radius 1 is 1.17 bits per heavy atom. The van der Waals surface area contributed by atoms with Crippen LogP contribution in [-0.2, 0) is 6.42 Å². The molecule has 3 heteroatoms. The first-order chi connectivity index (χ1) is 11.5. The summed E-state index contributed by atoms with van der Waals surface area (Å²) in [5, 5.41) is 14.1. The Labute approximate surface area is 142 Å². The van der Waals surface area contributed by atoms with Gasteiger partial charge in [0.05, 0.1) is 11.6 Å². The first-order valence-corrected chi connectivity index (χ1v) is 8.41. The molecule has 0 fully saturated rings. The molecular formula is C21H21N3. The van der Waals surface area contributed by atoms with Crippen molar-refractivity contribution in [1.82, 2.24) is 4.98 Å². The van der Waals surface area contributed by atoms with E-state index in [1.165, 1.54) is 22.4 Å². The molecule has 4 rings (SSSR count). The Morgan fingerprint density at radius 3 is 2.79 bits per heavy atom. The summed E-state index contributed by atoms with van der Waals surface area (Å²) in [5.41, 5.74) is 8.01. The van der Waals surface area contributed by atoms with Gasteiger partial charge in [-0.15, -0.1) is 0 Å². The molecule has 1 aromatic heterocycles. The number of nitrogens with one attached hydrogen (secondary N) is 2. The average molecular weight is 315 g/mol. The molecule has 0 saturated heterocycles. The maximum absolute atomic E-state index is 9.36. The first kappa shape index (κ1) is 14.8. The largest absolute Gasteiger partial charge is 0.380 e. The Kier molecular flexibility index (Phi) is 3.18. The molecule has 0 atom stereocenters. The molecule has 3 nitrogen and oxygen atoms in total. The quantitative estimate of drug-likeness (QED) is 0.652. The summed E-state index contributed by atoms with van der Waals surface area (Å²) in [6.45, 7) is 6.47. The van der Waals surface area contributed by atoms with Crippen molar-refractivity contribution in [1.29, 1.82) is 5.26 Å². The summed E-state index contributed by atoms with van der Waals surface area (Å²) < 4.78 is 0. The fourth-order valence-electron chi connectivity index (χ4n) is 3.71. The molecule has 3 aromatic rings. The van der Waals surface area contributed by atoms with Gasteiger partial charge in [-0.1, -0.05) is 12.1 Å². The molecule has 0 unspecified atom stereocenters. The van der Waals surface area contributed by atoms with Crippen molar-refractivity contribution in [3.8, 4) is 17.2 Å². The van der Waals surface area contributed by atoms with Gasteiger partial charge < -0.3 is 10.3 Å². The van der Waals surface area contributed by atoms with Gasteiger partial charge in [-0.3, -0.25) is 0 Å². The second-order valence-corrected chi connectivity index (χ2v) is 7.37. The smallest absolute Gasteiger partial charge is 0.0994 e. The number of anilines is 1. The van der Waals surface area contributed by atoms with Gasteiger partial charge in [0.1, 0.15) is 0 Å². The van der Waals surface area contributed by atoms with Crippen LogP contribution in [-0.4, -0.2) is 10.5 Å². The number of nitriles is 1. The minimum Gasteiger partial charge on any atom is -0.380 e. The van der Waals surface area contributed by atoms with Crippen LogP contribution >= 0.6 is 0 Å². The molecule has 0 spiro atoms. The van der Waals surface area contributed by atoms with Gasteiger partial charge in [-0.25, -0.2) is 0 Å². The minimum atomic E-state index is 0.136. The summed E-state index contributed by atoms with van der Waals surface area (Å²) in [4.78, 5) is 3.37. The van der Waals surface area contributed by atoms with Gasteiger partial charge >= 0.3 is 0 Å². The van der Waals surface area contributed by atoms with Crippen LogP contribution < -0.4 is 5.32 Å². The van der Waals surface area contributed by atoms with E-state index in [2.05, 4.69) is 60.7 Å². The van der Waals surface area contributed by atoms with E-state index in [9.17, 15) is 5.26 Å². The van der Waals surface area contributed by atoms with E-state index < -0.39 is 0 Å². The van der Waals surface area contributed by atoms with Crippen LogP contribution in [0.2, 0.25) is 0 Å². The minimum absolute atomic E-state index is 0.136. The molecular weight excluding hydrogens is 294 g/mol. The Balaban J connectivity index is 1.92. The van der Waals surface area contributed by atoms with Crippen molar-refractivity contribution in [3.63, 3.8) is 0 Å². The number of aromatic amines is 1. The second kappa shape index (κ2) is 5.14. The van der Waals surface area contributed by atoms with Crippen LogP contribution in [0.25, 0.3) is 22.0 Å². The molecule has 2 heterocycles. The van der Waals surface area contributed by atoms with E-state index in [4.69, 9.17) is 0 Å². The number of hydrogen-bond donors (Lipinski definition) is 2. The summed E-state index contributed by atoms with van der Waals surface area (Å²) in [5.74, 6) is 0. The number of hydrogen-bond acceptors (Lipinski definition) is 2. The Bertz CT molecular complexity index is 986. The molecule has 0 bridgehead atoms. The normalized spacial score (nSPS) is 15.6. The van der Waals surface area contributed by atoms with Crippen molar-refractivity contribution in [3.05, 3.63) is 53.2 Å². The van der Waals surface area contributed by atoms with Crippen molar-refractivity contribution >= 4 is 16.6 Å². The molecule has 1 aliphatic heterocycles. The molecule has 0 saturated carbocycles. The molecule has 0 aliphatic carbocycles. The second-order valence-electron chi connectivity index (χ2n) is 7.37. The van der Waals surface area contributed by atoms with E-state index in [0.29, 0.717) is 0 Å². The fourth-order valence-corrected chi connectivity index (χ4v) is 3.71. The maximum Gasteiger partial charge on any atom is 0.0994 e. The monoisotopic (exact) mass is 315 g/mol. The van der Waals surface area contributed by atoms with Gasteiger partial charge in [0.25, 0.3) is 0 Å². The highest BCUT2D eigenvalue weighted by molar-refractivity contribution is 5.98. The van der Waals surface area contributed by atoms with E-state index in [0.717, 1.165) is 34.9 Å². The number of aryl methyl sites for hydroxylation is 1. The fraction of sp³-hybridized carbons (Fsp3) is 0.286. The number of benzene rings is 2. The van der Waals surface area contributed by atoms with E-state index >= 15 is 0 Å². The van der Waals surface area contributed by atoms with Crippen molar-refractivity contribution in [2.45, 2.75) is 39.2 Å². The number of nitrogens with zero attached hydrogens (tertiary/aromatic N) is 1. The van der Waals surface area contributed by atoms with Gasteiger partial charge in [0, 0.05) is 33.9 Å². The van der Waals surface area contributed by atoms with Crippen LogP contribution in [0.4, 0.5) is 5.69 Å². The average Bonchev–Trinajstić information content (AvgIpc) is 2.94. The summed E-state index contributed by atoms with van der Waals surface area (Å²) in [7, 11) is 0. The van der Waals surface area contributed by atoms with E-state index in [1.807, 2.05) is 13.0 Å². The van der Waals surface area contributed by atoms with Crippen molar-refractivity contribution < 1.29 is 0 Å². The van der Waals surface area contributed by atoms with Crippen molar-refractivity contribution in [2.24, 2.45) is 0 Å². The van der Waals surface area contributed by atoms with Crippen LogP contribution in [0.5, 0.6) is 0 Å². The zero-order valence-corrected chi connectivity index (χ0v) is 14.3. The summed E-state index contributed by atoms with van der Waals surface area (Å²) >= 11 is 0. The van der Waals surface area contributed by atoms with Crippen LogP contribution in [0.1, 0.15) is 37.0 Å². The zero-order valence-electron chi connectivity index (χ0n) is 14.3. The molecule has 120 valence electrons. The first-order valence-electron chi connectivity index (χ1n) is 8.41. The van der Waals surface area contributed by atoms with E-state index in [1.54, 1.807) is 0 Å². The molecule has 0 radical (unpaired) electrons. The number of fused-ring (bicyclic) bond motifs is 2. The topological polar surface area (TPSA) is 51.6 Å². The lowest BCUT2D eigenvalue weighted by molar-refractivity contribution is 0.503. The highest BCUT2D eigenvalue weighted by atomic mass is 15.0. The molecule has 2 N–H and O–H groups in total. The van der Waals surface area contributed by atoms with E-state index in [-0.39, 0.29) is 5.54 Å². The molecule has 1 aliphatic rings. The van der Waals surface area contributed by atoms with Crippen LogP contribution in [0.15, 0.2) is 36.5 Å². The molecule has 2 aromatic carbocycles. The molecule has 0 amide bonds. The highest BCUT2D eigenvalue weighted by Crippen LogP contribution is 2.39. The lowest BCUT2D eigenvalue weighted by Gasteiger charge is -2.34. The summed E-state index contributed by atoms with van der Waals surface area (Å²) in [6, 6.07) is 12.8. The van der Waals surface area contributed by atoms with Gasteiger partial charge in [-0.2, -0.15) is 5.26 Å². The third-order valence-electron chi connectivity index (χ3n) is 5.09. The van der Waals surface area contributed by atoms with Gasteiger partial charge in [0.2, 0.25) is 0 Å². The van der Waals surface area contributed by atoms with Crippen molar-refractivity contribution in [2.75, 3.05) is 5.32 Å². The van der Waals surface area contributed by atoms with Gasteiger partial charge in [0.15, 0.2) is 0 Å². The number of rotatable bonds is 1. The van der Waals surface area contributed by atoms with Gasteiger partial charge in [-0.05, 0) is 68.5 Å². The maximum atomic E-state index is 9.36. The number of H-pyrrole nitrogens is 1. The Morgan fingerprint density at radius 2 is 2.00 bits per heavy atom. The SMILES string of the molecule is Cc1cc2[nH]cc(-c3cccc4c3CCC(C)(C)N4)c2cc1C#N.